The SMILES string of the molecule is OCc1ccc2cc(-c3ccc(OC(F)(F)F)cc3)ccc2c1. The van der Waals surface area contributed by atoms with Gasteiger partial charge in [0.1, 0.15) is 5.75 Å². The molecule has 0 atom stereocenters. The van der Waals surface area contributed by atoms with Crippen molar-refractivity contribution in [3.63, 3.8) is 0 Å². The van der Waals surface area contributed by atoms with Crippen molar-refractivity contribution in [3.05, 3.63) is 66.2 Å². The Labute approximate surface area is 130 Å². The van der Waals surface area contributed by atoms with Crippen molar-refractivity contribution in [2.45, 2.75) is 13.0 Å². The second-order valence-electron chi connectivity index (χ2n) is 5.13. The van der Waals surface area contributed by atoms with Crippen molar-refractivity contribution in [3.8, 4) is 16.9 Å². The quantitative estimate of drug-likeness (QED) is 0.744. The van der Waals surface area contributed by atoms with Crippen LogP contribution in [-0.2, 0) is 6.61 Å². The Morgan fingerprint density at radius 1 is 0.783 bits per heavy atom. The lowest BCUT2D eigenvalue weighted by molar-refractivity contribution is -0.274. The van der Waals surface area contributed by atoms with Gasteiger partial charge >= 0.3 is 6.36 Å². The van der Waals surface area contributed by atoms with E-state index in [1.807, 2.05) is 36.4 Å². The van der Waals surface area contributed by atoms with Crippen LogP contribution in [0.25, 0.3) is 21.9 Å². The smallest absolute Gasteiger partial charge is 0.406 e. The van der Waals surface area contributed by atoms with E-state index in [9.17, 15) is 13.2 Å². The van der Waals surface area contributed by atoms with Gasteiger partial charge in [-0.2, -0.15) is 0 Å². The number of aliphatic hydroxyl groups is 1. The number of halogens is 3. The number of hydrogen-bond donors (Lipinski definition) is 1. The molecule has 0 amide bonds. The minimum Gasteiger partial charge on any atom is -0.406 e. The molecule has 1 N–H and O–H groups in total. The van der Waals surface area contributed by atoms with Gasteiger partial charge in [0.05, 0.1) is 6.61 Å². The van der Waals surface area contributed by atoms with E-state index in [1.54, 1.807) is 12.1 Å². The first-order valence-electron chi connectivity index (χ1n) is 6.94. The van der Waals surface area contributed by atoms with Crippen LogP contribution in [-0.4, -0.2) is 11.5 Å². The highest BCUT2D eigenvalue weighted by atomic mass is 19.4. The monoisotopic (exact) mass is 318 g/mol. The summed E-state index contributed by atoms with van der Waals surface area (Å²) in [5, 5.41) is 11.1. The second-order valence-corrected chi connectivity index (χ2v) is 5.13. The molecule has 0 saturated heterocycles. The summed E-state index contributed by atoms with van der Waals surface area (Å²) in [5.41, 5.74) is 2.53. The molecule has 0 spiro atoms. The molecule has 0 radical (unpaired) electrons. The first kappa shape index (κ1) is 15.4. The molecule has 0 bridgehead atoms. The second kappa shape index (κ2) is 5.93. The van der Waals surface area contributed by atoms with Gasteiger partial charge in [0.15, 0.2) is 0 Å². The standard InChI is InChI=1S/C18H13F3O2/c19-18(20,21)23-17-7-5-13(6-8-17)15-4-3-14-9-12(11-22)1-2-16(14)10-15/h1-10,22H,11H2. The zero-order valence-electron chi connectivity index (χ0n) is 12.0. The number of benzene rings is 3. The fourth-order valence-corrected chi connectivity index (χ4v) is 2.42. The van der Waals surface area contributed by atoms with Gasteiger partial charge in [-0.3, -0.25) is 0 Å². The summed E-state index contributed by atoms with van der Waals surface area (Å²) in [5.74, 6) is -0.241. The highest BCUT2D eigenvalue weighted by molar-refractivity contribution is 5.87. The predicted molar refractivity (Wildman–Crippen MR) is 82.0 cm³/mol. The van der Waals surface area contributed by atoms with E-state index < -0.39 is 6.36 Å². The van der Waals surface area contributed by atoms with Crippen LogP contribution in [0.2, 0.25) is 0 Å². The Bertz CT molecular complexity index is 824. The Morgan fingerprint density at radius 2 is 1.39 bits per heavy atom. The number of aliphatic hydroxyl groups excluding tert-OH is 1. The molecule has 3 aromatic rings. The van der Waals surface area contributed by atoms with Crippen LogP contribution in [0.4, 0.5) is 13.2 Å². The maximum atomic E-state index is 12.2. The number of rotatable bonds is 3. The molecule has 0 unspecified atom stereocenters. The molecule has 2 nitrogen and oxygen atoms in total. The van der Waals surface area contributed by atoms with Crippen LogP contribution in [0.3, 0.4) is 0 Å². The third kappa shape index (κ3) is 3.63. The molecule has 0 aromatic heterocycles. The van der Waals surface area contributed by atoms with Gasteiger partial charge in [-0.25, -0.2) is 0 Å². The summed E-state index contributed by atoms with van der Waals surface area (Å²) >= 11 is 0. The maximum Gasteiger partial charge on any atom is 0.573 e. The summed E-state index contributed by atoms with van der Waals surface area (Å²) in [6, 6.07) is 17.2. The van der Waals surface area contributed by atoms with E-state index in [0.29, 0.717) is 0 Å². The van der Waals surface area contributed by atoms with E-state index in [4.69, 9.17) is 5.11 Å². The average Bonchev–Trinajstić information content (AvgIpc) is 2.53. The van der Waals surface area contributed by atoms with Gasteiger partial charge in [0.25, 0.3) is 0 Å². The highest BCUT2D eigenvalue weighted by Crippen LogP contribution is 2.28. The predicted octanol–water partition coefficient (Wildman–Crippen LogP) is 4.90. The van der Waals surface area contributed by atoms with Crippen LogP contribution in [0.15, 0.2) is 60.7 Å². The van der Waals surface area contributed by atoms with Crippen LogP contribution >= 0.6 is 0 Å². The number of ether oxygens (including phenoxy) is 1. The van der Waals surface area contributed by atoms with E-state index in [2.05, 4.69) is 4.74 Å². The number of hydrogen-bond acceptors (Lipinski definition) is 2. The zero-order chi connectivity index (χ0) is 16.4. The lowest BCUT2D eigenvalue weighted by Gasteiger charge is -2.10. The van der Waals surface area contributed by atoms with E-state index >= 15 is 0 Å². The molecule has 3 aromatic carbocycles. The van der Waals surface area contributed by atoms with Crippen molar-refractivity contribution in [1.82, 2.24) is 0 Å². The molecule has 118 valence electrons. The third-order valence-electron chi connectivity index (χ3n) is 3.51. The molecular weight excluding hydrogens is 305 g/mol. The van der Waals surface area contributed by atoms with Crippen molar-refractivity contribution in [2.75, 3.05) is 0 Å². The minimum atomic E-state index is -4.69. The van der Waals surface area contributed by atoms with Crippen molar-refractivity contribution >= 4 is 10.8 Å². The molecule has 0 aliphatic rings. The van der Waals surface area contributed by atoms with Gasteiger partial charge in [0.2, 0.25) is 0 Å². The largest absolute Gasteiger partial charge is 0.573 e. The molecule has 0 aliphatic carbocycles. The lowest BCUT2D eigenvalue weighted by atomic mass is 10.00. The Morgan fingerprint density at radius 3 is 2.04 bits per heavy atom. The van der Waals surface area contributed by atoms with Crippen LogP contribution in [0, 0.1) is 0 Å². The summed E-state index contributed by atoms with van der Waals surface area (Å²) in [4.78, 5) is 0. The summed E-state index contributed by atoms with van der Waals surface area (Å²) in [6.07, 6.45) is -4.69. The van der Waals surface area contributed by atoms with Gasteiger partial charge in [-0.1, -0.05) is 36.4 Å². The van der Waals surface area contributed by atoms with E-state index in [-0.39, 0.29) is 12.4 Å². The fourth-order valence-electron chi connectivity index (χ4n) is 2.42. The van der Waals surface area contributed by atoms with Gasteiger partial charge in [-0.05, 0) is 51.7 Å². The van der Waals surface area contributed by atoms with Crippen molar-refractivity contribution in [2.24, 2.45) is 0 Å². The van der Waals surface area contributed by atoms with Crippen LogP contribution in [0.1, 0.15) is 5.56 Å². The molecule has 0 aliphatic heterocycles. The Balaban J connectivity index is 1.90. The molecule has 5 heteroatoms. The highest BCUT2D eigenvalue weighted by Gasteiger charge is 2.30. The fraction of sp³-hybridized carbons (Fsp3) is 0.111. The van der Waals surface area contributed by atoms with E-state index in [1.165, 1.54) is 12.1 Å². The normalized spacial score (nSPS) is 11.7. The Hall–Kier alpha value is -2.53. The molecule has 0 saturated carbocycles. The topological polar surface area (TPSA) is 29.5 Å². The first-order chi connectivity index (χ1) is 10.9. The number of fused-ring (bicyclic) bond motifs is 1. The summed E-state index contributed by atoms with van der Waals surface area (Å²) in [6.45, 7) is -0.0155. The van der Waals surface area contributed by atoms with Gasteiger partial charge in [0, 0.05) is 0 Å². The van der Waals surface area contributed by atoms with Crippen molar-refractivity contribution in [1.29, 1.82) is 0 Å². The molecule has 3 rings (SSSR count). The van der Waals surface area contributed by atoms with Crippen molar-refractivity contribution < 1.29 is 23.0 Å². The molecule has 0 fully saturated rings. The number of alkyl halides is 3. The summed E-state index contributed by atoms with van der Waals surface area (Å²) < 4.78 is 40.3. The molecular formula is C18H13F3O2. The van der Waals surface area contributed by atoms with Gasteiger partial charge < -0.3 is 9.84 Å². The summed E-state index contributed by atoms with van der Waals surface area (Å²) in [7, 11) is 0. The molecule has 23 heavy (non-hydrogen) atoms. The average molecular weight is 318 g/mol. The van der Waals surface area contributed by atoms with Crippen LogP contribution < -0.4 is 4.74 Å². The molecule has 0 heterocycles. The lowest BCUT2D eigenvalue weighted by Crippen LogP contribution is -2.16. The van der Waals surface area contributed by atoms with Crippen LogP contribution in [0.5, 0.6) is 5.75 Å². The van der Waals surface area contributed by atoms with E-state index in [0.717, 1.165) is 27.5 Å². The first-order valence-corrected chi connectivity index (χ1v) is 6.94. The third-order valence-corrected chi connectivity index (χ3v) is 3.51. The minimum absolute atomic E-state index is 0.0155. The maximum absolute atomic E-state index is 12.2. The zero-order valence-corrected chi connectivity index (χ0v) is 12.0. The van der Waals surface area contributed by atoms with Gasteiger partial charge in [-0.15, -0.1) is 13.2 Å². The Kier molecular flexibility index (Phi) is 3.96.